The highest BCUT2D eigenvalue weighted by Crippen LogP contribution is 2.22. The lowest BCUT2D eigenvalue weighted by Gasteiger charge is -2.29. The van der Waals surface area contributed by atoms with Crippen molar-refractivity contribution in [3.8, 4) is 5.75 Å². The van der Waals surface area contributed by atoms with E-state index >= 15 is 0 Å². The van der Waals surface area contributed by atoms with Crippen molar-refractivity contribution in [1.29, 1.82) is 0 Å². The summed E-state index contributed by atoms with van der Waals surface area (Å²) in [4.78, 5) is 6.77. The molecule has 0 saturated carbocycles. The molecule has 5 nitrogen and oxygen atoms in total. The number of aliphatic imine (C=N–C) groups is 1. The van der Waals surface area contributed by atoms with E-state index in [1.165, 1.54) is 0 Å². The van der Waals surface area contributed by atoms with E-state index in [-0.39, 0.29) is 19.1 Å². The van der Waals surface area contributed by atoms with Crippen LogP contribution in [0.3, 0.4) is 0 Å². The van der Waals surface area contributed by atoms with Crippen LogP contribution in [0.5, 0.6) is 5.75 Å². The molecule has 3 N–H and O–H groups in total. The summed E-state index contributed by atoms with van der Waals surface area (Å²) in [5.41, 5.74) is 6.38. The molecule has 1 aromatic rings. The first-order valence-electron chi connectivity index (χ1n) is 9.34. The predicted molar refractivity (Wildman–Crippen MR) is 104 cm³/mol. The Morgan fingerprint density at radius 1 is 1.22 bits per heavy atom. The highest BCUT2D eigenvalue weighted by atomic mass is 19.4. The molecule has 0 aliphatic heterocycles. The van der Waals surface area contributed by atoms with Crippen molar-refractivity contribution in [2.75, 3.05) is 31.6 Å². The molecule has 27 heavy (non-hydrogen) atoms. The second kappa shape index (κ2) is 11.7. The molecule has 0 spiro atoms. The minimum atomic E-state index is -4.14. The van der Waals surface area contributed by atoms with Gasteiger partial charge >= 0.3 is 6.18 Å². The molecule has 0 radical (unpaired) electrons. The number of alkyl halides is 3. The van der Waals surface area contributed by atoms with Crippen molar-refractivity contribution in [2.45, 2.75) is 52.3 Å². The molecule has 0 heterocycles. The Bertz CT molecular complexity index is 559. The average molecular weight is 388 g/mol. The Balaban J connectivity index is 2.67. The number of anilines is 1. The third kappa shape index (κ3) is 9.51. The first-order valence-corrected chi connectivity index (χ1v) is 9.34. The number of nitrogens with two attached hydrogens (primary N) is 1. The number of halogens is 3. The minimum Gasteiger partial charge on any atom is -0.494 e. The van der Waals surface area contributed by atoms with Crippen LogP contribution in [0.1, 0.15) is 40.0 Å². The maximum absolute atomic E-state index is 12.1. The number of rotatable bonds is 10. The molecule has 1 rings (SSSR count). The Kier molecular flexibility index (Phi) is 9.99. The van der Waals surface area contributed by atoms with E-state index in [1.54, 1.807) is 12.1 Å². The fraction of sp³-hybridized carbons (Fsp3) is 0.632. The van der Waals surface area contributed by atoms with E-state index in [0.29, 0.717) is 18.8 Å². The topological polar surface area (TPSA) is 62.9 Å². The number of ether oxygens (including phenoxy) is 1. The van der Waals surface area contributed by atoms with Crippen molar-refractivity contribution in [3.63, 3.8) is 0 Å². The van der Waals surface area contributed by atoms with Gasteiger partial charge < -0.3 is 20.7 Å². The van der Waals surface area contributed by atoms with Crippen molar-refractivity contribution in [1.82, 2.24) is 4.90 Å². The van der Waals surface area contributed by atoms with Crippen LogP contribution in [-0.4, -0.2) is 49.3 Å². The highest BCUT2D eigenvalue weighted by molar-refractivity contribution is 5.93. The lowest BCUT2D eigenvalue weighted by molar-refractivity contribution is -0.136. The highest BCUT2D eigenvalue weighted by Gasteiger charge is 2.26. The number of hydrogen-bond acceptors (Lipinski definition) is 3. The molecule has 0 atom stereocenters. The van der Waals surface area contributed by atoms with Gasteiger partial charge in [-0.05, 0) is 64.4 Å². The third-order valence-electron chi connectivity index (χ3n) is 3.84. The number of hydrogen-bond donors (Lipinski definition) is 2. The first kappa shape index (κ1) is 23.1. The first-order chi connectivity index (χ1) is 12.8. The summed E-state index contributed by atoms with van der Waals surface area (Å²) in [5.74, 6) is 1.32. The maximum Gasteiger partial charge on any atom is 0.389 e. The summed E-state index contributed by atoms with van der Waals surface area (Å²) < 4.78 is 41.8. The zero-order valence-electron chi connectivity index (χ0n) is 16.4. The van der Waals surface area contributed by atoms with Gasteiger partial charge in [0, 0.05) is 31.2 Å². The molecule has 1 aromatic carbocycles. The van der Waals surface area contributed by atoms with Crippen LogP contribution < -0.4 is 15.8 Å². The predicted octanol–water partition coefficient (Wildman–Crippen LogP) is 4.25. The SMILES string of the molecule is CCN(C(=NCCCN)Nc1ccc(OCCCC(F)(F)F)cc1)C(C)C. The largest absolute Gasteiger partial charge is 0.494 e. The standard InChI is InChI=1S/C19H31F3N4O/c1-4-26(15(2)3)18(24-13-6-12-23)25-16-7-9-17(10-8-16)27-14-5-11-19(20,21)22/h7-10,15H,4-6,11-14,23H2,1-3H3,(H,24,25). The Hall–Kier alpha value is -1.96. The molecule has 0 aromatic heterocycles. The molecule has 8 heteroatoms. The van der Waals surface area contributed by atoms with Crippen molar-refractivity contribution < 1.29 is 17.9 Å². The molecule has 0 bridgehead atoms. The second-order valence-electron chi connectivity index (χ2n) is 6.44. The maximum atomic E-state index is 12.1. The van der Waals surface area contributed by atoms with Gasteiger partial charge in [0.1, 0.15) is 5.75 Å². The van der Waals surface area contributed by atoms with E-state index in [1.807, 2.05) is 12.1 Å². The van der Waals surface area contributed by atoms with Gasteiger partial charge in [-0.25, -0.2) is 0 Å². The Labute approximate surface area is 159 Å². The van der Waals surface area contributed by atoms with E-state index in [2.05, 4.69) is 36.0 Å². The second-order valence-corrected chi connectivity index (χ2v) is 6.44. The van der Waals surface area contributed by atoms with Crippen LogP contribution in [0.15, 0.2) is 29.3 Å². The summed E-state index contributed by atoms with van der Waals surface area (Å²) in [6.45, 7) is 8.34. The molecular weight excluding hydrogens is 357 g/mol. The van der Waals surface area contributed by atoms with Gasteiger partial charge in [-0.2, -0.15) is 13.2 Å². The van der Waals surface area contributed by atoms with Gasteiger partial charge in [0.2, 0.25) is 0 Å². The van der Waals surface area contributed by atoms with E-state index in [4.69, 9.17) is 10.5 Å². The zero-order valence-corrected chi connectivity index (χ0v) is 16.4. The molecule has 0 saturated heterocycles. The molecule has 0 aliphatic rings. The zero-order chi connectivity index (χ0) is 20.3. The molecule has 0 unspecified atom stereocenters. The summed E-state index contributed by atoms with van der Waals surface area (Å²) >= 11 is 0. The number of nitrogens with one attached hydrogen (secondary N) is 1. The van der Waals surface area contributed by atoms with Gasteiger partial charge in [-0.3, -0.25) is 4.99 Å². The number of benzene rings is 1. The summed E-state index contributed by atoms with van der Waals surface area (Å²) in [5, 5.41) is 3.32. The Morgan fingerprint density at radius 3 is 2.41 bits per heavy atom. The molecule has 154 valence electrons. The van der Waals surface area contributed by atoms with Gasteiger partial charge in [-0.15, -0.1) is 0 Å². The summed E-state index contributed by atoms with van der Waals surface area (Å²) in [6.07, 6.45) is -4.22. The molecule has 0 aliphatic carbocycles. The Morgan fingerprint density at radius 2 is 1.89 bits per heavy atom. The molecular formula is C19H31F3N4O. The average Bonchev–Trinajstić information content (AvgIpc) is 2.59. The van der Waals surface area contributed by atoms with Gasteiger partial charge in [0.15, 0.2) is 5.96 Å². The quantitative estimate of drug-likeness (QED) is 0.357. The summed E-state index contributed by atoms with van der Waals surface area (Å²) in [6, 6.07) is 7.41. The van der Waals surface area contributed by atoms with Crippen LogP contribution in [0.25, 0.3) is 0 Å². The molecule has 0 fully saturated rings. The van der Waals surface area contributed by atoms with E-state index < -0.39 is 12.6 Å². The smallest absolute Gasteiger partial charge is 0.389 e. The monoisotopic (exact) mass is 388 g/mol. The summed E-state index contributed by atoms with van der Waals surface area (Å²) in [7, 11) is 0. The van der Waals surface area contributed by atoms with Crippen molar-refractivity contribution in [3.05, 3.63) is 24.3 Å². The van der Waals surface area contributed by atoms with Gasteiger partial charge in [0.05, 0.1) is 6.61 Å². The van der Waals surface area contributed by atoms with E-state index in [0.717, 1.165) is 24.6 Å². The van der Waals surface area contributed by atoms with Gasteiger partial charge in [-0.1, -0.05) is 0 Å². The van der Waals surface area contributed by atoms with Crippen LogP contribution in [0.4, 0.5) is 18.9 Å². The van der Waals surface area contributed by atoms with Crippen molar-refractivity contribution >= 4 is 11.6 Å². The lowest BCUT2D eigenvalue weighted by Crippen LogP contribution is -2.41. The molecule has 0 amide bonds. The van der Waals surface area contributed by atoms with Crippen LogP contribution >= 0.6 is 0 Å². The number of nitrogens with zero attached hydrogens (tertiary/aromatic N) is 2. The van der Waals surface area contributed by atoms with Crippen LogP contribution in [-0.2, 0) is 0 Å². The lowest BCUT2D eigenvalue weighted by atomic mass is 10.3. The van der Waals surface area contributed by atoms with Crippen LogP contribution in [0, 0.1) is 0 Å². The van der Waals surface area contributed by atoms with Crippen LogP contribution in [0.2, 0.25) is 0 Å². The number of guanidine groups is 1. The fourth-order valence-corrected chi connectivity index (χ4v) is 2.46. The van der Waals surface area contributed by atoms with Crippen molar-refractivity contribution in [2.24, 2.45) is 10.7 Å². The third-order valence-corrected chi connectivity index (χ3v) is 3.84. The van der Waals surface area contributed by atoms with E-state index in [9.17, 15) is 13.2 Å². The normalized spacial score (nSPS) is 12.4. The minimum absolute atomic E-state index is 0.0368. The fourth-order valence-electron chi connectivity index (χ4n) is 2.46. The van der Waals surface area contributed by atoms with Gasteiger partial charge in [0.25, 0.3) is 0 Å².